The third kappa shape index (κ3) is 51.2. The molecule has 0 saturated heterocycles. The standard InChI is InChI=1S/C59H111NO3/c1-3-5-7-9-11-13-15-16-17-18-19-20-21-22-23-24-25-26-27-28-29-30-31-32-33-34-35-36-37-38-39-40-41-42-43-44-45-47-49-51-53-55-59(63)60-57(56-61)58(62)54-52-50-48-46-14-12-10-8-6-4-2/h15-16,18-19,21-22,52,54,57-58,61-62H,3-14,17,20,23-51,53,55-56H2,1-2H3,(H,60,63)/b16-15-,19-18-,22-21-,54-52+. The molecule has 3 N–H and O–H groups in total. The summed E-state index contributed by atoms with van der Waals surface area (Å²) >= 11 is 0. The van der Waals surface area contributed by atoms with Gasteiger partial charge < -0.3 is 15.5 Å². The number of hydrogen-bond acceptors (Lipinski definition) is 3. The van der Waals surface area contributed by atoms with Crippen LogP contribution >= 0.6 is 0 Å². The van der Waals surface area contributed by atoms with Crippen LogP contribution in [0.15, 0.2) is 48.6 Å². The SMILES string of the molecule is CCCCCCC/C=C\C/C=C\C/C=C\CCCCCCCCCCCCCCCCCCCCCCCCCCCCC(=O)NC(CO)C(O)/C=C/CCCCCCCCCC. The number of allylic oxidation sites excluding steroid dienone is 7. The molecule has 0 saturated carbocycles. The summed E-state index contributed by atoms with van der Waals surface area (Å²) in [5.41, 5.74) is 0. The first-order valence-corrected chi connectivity index (χ1v) is 28.4. The predicted molar refractivity (Wildman–Crippen MR) is 281 cm³/mol. The summed E-state index contributed by atoms with van der Waals surface area (Å²) in [5.74, 6) is -0.0617. The second-order valence-corrected chi connectivity index (χ2v) is 19.4. The Morgan fingerprint density at radius 1 is 0.381 bits per heavy atom. The van der Waals surface area contributed by atoms with Crippen LogP contribution in [0.3, 0.4) is 0 Å². The van der Waals surface area contributed by atoms with E-state index in [1.54, 1.807) is 6.08 Å². The Morgan fingerprint density at radius 3 is 0.968 bits per heavy atom. The lowest BCUT2D eigenvalue weighted by Crippen LogP contribution is -2.45. The van der Waals surface area contributed by atoms with Gasteiger partial charge in [-0.1, -0.05) is 287 Å². The Bertz CT molecular complexity index is 1000. The summed E-state index contributed by atoms with van der Waals surface area (Å²) < 4.78 is 0. The van der Waals surface area contributed by atoms with Crippen LogP contribution < -0.4 is 5.32 Å². The van der Waals surface area contributed by atoms with Gasteiger partial charge in [0.2, 0.25) is 5.91 Å². The van der Waals surface area contributed by atoms with Gasteiger partial charge in [-0.2, -0.15) is 0 Å². The Hall–Kier alpha value is -1.65. The second-order valence-electron chi connectivity index (χ2n) is 19.4. The van der Waals surface area contributed by atoms with E-state index in [2.05, 4.69) is 55.6 Å². The molecule has 0 rings (SSSR count). The van der Waals surface area contributed by atoms with Crippen molar-refractivity contribution in [1.82, 2.24) is 5.32 Å². The number of aliphatic hydroxyl groups is 2. The van der Waals surface area contributed by atoms with Crippen molar-refractivity contribution in [2.24, 2.45) is 0 Å². The van der Waals surface area contributed by atoms with Gasteiger partial charge in [0.25, 0.3) is 0 Å². The molecule has 2 atom stereocenters. The van der Waals surface area contributed by atoms with E-state index in [-0.39, 0.29) is 12.5 Å². The summed E-state index contributed by atoms with van der Waals surface area (Å²) in [6.07, 6.45) is 75.9. The monoisotopic (exact) mass is 882 g/mol. The Balaban J connectivity index is 3.36. The van der Waals surface area contributed by atoms with Crippen molar-refractivity contribution in [2.45, 2.75) is 315 Å². The minimum absolute atomic E-state index is 0.0617. The molecule has 0 aliphatic carbocycles. The van der Waals surface area contributed by atoms with E-state index in [4.69, 9.17) is 0 Å². The number of carbonyl (C=O) groups is 1. The van der Waals surface area contributed by atoms with Crippen LogP contribution in [0.25, 0.3) is 0 Å². The topological polar surface area (TPSA) is 69.6 Å². The van der Waals surface area contributed by atoms with Crippen LogP contribution in [0.4, 0.5) is 0 Å². The van der Waals surface area contributed by atoms with Crippen LogP contribution in [0.5, 0.6) is 0 Å². The van der Waals surface area contributed by atoms with Crippen LogP contribution in [0, 0.1) is 0 Å². The lowest BCUT2D eigenvalue weighted by atomic mass is 10.0. The molecule has 4 heteroatoms. The molecule has 2 unspecified atom stereocenters. The van der Waals surface area contributed by atoms with Crippen molar-refractivity contribution in [3.05, 3.63) is 48.6 Å². The van der Waals surface area contributed by atoms with Crippen molar-refractivity contribution < 1.29 is 15.0 Å². The van der Waals surface area contributed by atoms with Crippen LogP contribution in [0.1, 0.15) is 303 Å². The van der Waals surface area contributed by atoms with Gasteiger partial charge >= 0.3 is 0 Å². The third-order valence-corrected chi connectivity index (χ3v) is 13.1. The normalized spacial score (nSPS) is 13.1. The zero-order valence-corrected chi connectivity index (χ0v) is 42.6. The van der Waals surface area contributed by atoms with Gasteiger partial charge in [-0.25, -0.2) is 0 Å². The molecular weight excluding hydrogens is 771 g/mol. The van der Waals surface area contributed by atoms with Crippen molar-refractivity contribution in [1.29, 1.82) is 0 Å². The summed E-state index contributed by atoms with van der Waals surface area (Å²) in [6, 6.07) is -0.618. The van der Waals surface area contributed by atoms with Gasteiger partial charge in [-0.05, 0) is 57.8 Å². The maximum atomic E-state index is 12.4. The molecule has 1 amide bonds. The number of nitrogens with one attached hydrogen (secondary N) is 1. The number of unbranched alkanes of at least 4 members (excludes halogenated alkanes) is 39. The van der Waals surface area contributed by atoms with Gasteiger partial charge in [-0.3, -0.25) is 4.79 Å². The largest absolute Gasteiger partial charge is 0.394 e. The van der Waals surface area contributed by atoms with E-state index >= 15 is 0 Å². The molecule has 0 aromatic rings. The highest BCUT2D eigenvalue weighted by atomic mass is 16.3. The number of rotatable bonds is 52. The van der Waals surface area contributed by atoms with E-state index in [0.29, 0.717) is 6.42 Å². The summed E-state index contributed by atoms with van der Waals surface area (Å²) in [4.78, 5) is 12.4. The number of carbonyl (C=O) groups excluding carboxylic acids is 1. The van der Waals surface area contributed by atoms with E-state index in [1.165, 1.54) is 244 Å². The van der Waals surface area contributed by atoms with Crippen LogP contribution in [0.2, 0.25) is 0 Å². The number of hydrogen-bond donors (Lipinski definition) is 3. The lowest BCUT2D eigenvalue weighted by Gasteiger charge is -2.20. The van der Waals surface area contributed by atoms with Crippen molar-refractivity contribution in [3.63, 3.8) is 0 Å². The smallest absolute Gasteiger partial charge is 0.220 e. The molecule has 0 spiro atoms. The number of aliphatic hydroxyl groups excluding tert-OH is 2. The Morgan fingerprint density at radius 2 is 0.651 bits per heavy atom. The molecule has 0 bridgehead atoms. The zero-order chi connectivity index (χ0) is 45.6. The minimum atomic E-state index is -0.835. The van der Waals surface area contributed by atoms with E-state index < -0.39 is 12.1 Å². The molecule has 0 aromatic carbocycles. The van der Waals surface area contributed by atoms with Gasteiger partial charge in [-0.15, -0.1) is 0 Å². The summed E-state index contributed by atoms with van der Waals surface area (Å²) in [7, 11) is 0. The average molecular weight is 883 g/mol. The minimum Gasteiger partial charge on any atom is -0.394 e. The fourth-order valence-electron chi connectivity index (χ4n) is 8.72. The fraction of sp³-hybridized carbons (Fsp3) is 0.847. The molecule has 0 fully saturated rings. The van der Waals surface area contributed by atoms with Crippen LogP contribution in [-0.4, -0.2) is 34.9 Å². The fourth-order valence-corrected chi connectivity index (χ4v) is 8.72. The van der Waals surface area contributed by atoms with E-state index in [1.807, 2.05) is 6.08 Å². The van der Waals surface area contributed by atoms with E-state index in [0.717, 1.165) is 38.5 Å². The quantitative estimate of drug-likeness (QED) is 0.0421. The molecule has 0 radical (unpaired) electrons. The Labute approximate surface area is 394 Å². The van der Waals surface area contributed by atoms with Gasteiger partial charge in [0.1, 0.15) is 0 Å². The molecule has 4 nitrogen and oxygen atoms in total. The highest BCUT2D eigenvalue weighted by molar-refractivity contribution is 5.76. The molecule has 0 aliphatic rings. The predicted octanol–water partition coefficient (Wildman–Crippen LogP) is 18.6. The Kier molecular flexibility index (Phi) is 53.3. The maximum absolute atomic E-state index is 12.4. The first kappa shape index (κ1) is 61.4. The zero-order valence-electron chi connectivity index (χ0n) is 42.6. The number of amides is 1. The molecule has 0 aromatic heterocycles. The lowest BCUT2D eigenvalue weighted by molar-refractivity contribution is -0.123. The second kappa shape index (κ2) is 54.7. The summed E-state index contributed by atoms with van der Waals surface area (Å²) in [6.45, 7) is 4.29. The van der Waals surface area contributed by atoms with Crippen molar-refractivity contribution in [2.75, 3.05) is 6.61 Å². The molecule has 0 aliphatic heterocycles. The highest BCUT2D eigenvalue weighted by Crippen LogP contribution is 2.17. The van der Waals surface area contributed by atoms with Crippen molar-refractivity contribution >= 4 is 5.91 Å². The van der Waals surface area contributed by atoms with Gasteiger partial charge in [0.05, 0.1) is 18.8 Å². The molecule has 0 heterocycles. The average Bonchev–Trinajstić information content (AvgIpc) is 3.29. The third-order valence-electron chi connectivity index (χ3n) is 13.1. The first-order chi connectivity index (χ1) is 31.2. The van der Waals surface area contributed by atoms with Crippen molar-refractivity contribution in [3.8, 4) is 0 Å². The first-order valence-electron chi connectivity index (χ1n) is 28.4. The van der Waals surface area contributed by atoms with Gasteiger partial charge in [0.15, 0.2) is 0 Å². The molecular formula is C59H111NO3. The van der Waals surface area contributed by atoms with Crippen LogP contribution in [-0.2, 0) is 4.79 Å². The molecule has 63 heavy (non-hydrogen) atoms. The maximum Gasteiger partial charge on any atom is 0.220 e. The summed E-state index contributed by atoms with van der Waals surface area (Å²) in [5, 5.41) is 23.0. The van der Waals surface area contributed by atoms with E-state index in [9.17, 15) is 15.0 Å². The molecule has 370 valence electrons. The highest BCUT2D eigenvalue weighted by Gasteiger charge is 2.18. The van der Waals surface area contributed by atoms with Gasteiger partial charge in [0, 0.05) is 6.42 Å².